The van der Waals surface area contributed by atoms with Crippen molar-refractivity contribution in [3.05, 3.63) is 35.7 Å². The third-order valence-electron chi connectivity index (χ3n) is 5.33. The molecule has 2 saturated heterocycles. The second-order valence-corrected chi connectivity index (χ2v) is 7.51. The second kappa shape index (κ2) is 7.86. The van der Waals surface area contributed by atoms with Crippen molar-refractivity contribution in [1.29, 1.82) is 0 Å². The third-order valence-corrected chi connectivity index (χ3v) is 5.33. The van der Waals surface area contributed by atoms with Gasteiger partial charge in [0, 0.05) is 11.5 Å². The molecule has 0 saturated carbocycles. The van der Waals surface area contributed by atoms with Crippen molar-refractivity contribution in [2.45, 2.75) is 45.4 Å². The molecule has 6 nitrogen and oxygen atoms in total. The van der Waals surface area contributed by atoms with Crippen LogP contribution < -0.4 is 0 Å². The molecule has 26 heavy (non-hydrogen) atoms. The lowest BCUT2D eigenvalue weighted by atomic mass is 9.96. The lowest BCUT2D eigenvalue weighted by Gasteiger charge is -2.32. The maximum atomic E-state index is 5.64. The van der Waals surface area contributed by atoms with Gasteiger partial charge >= 0.3 is 0 Å². The standard InChI is InChI=1S/C20H27N3O3/c1-14(2)15-3-5-16(6-4-15)19-21-18(26-22-19)13-23-9-7-17(8-10-23)20-24-11-12-25-20/h3-6,14,17,20H,7-13H2,1-2H3. The van der Waals surface area contributed by atoms with Crippen LogP contribution in [0.15, 0.2) is 28.8 Å². The van der Waals surface area contributed by atoms with Gasteiger partial charge in [-0.05, 0) is 37.4 Å². The summed E-state index contributed by atoms with van der Waals surface area (Å²) in [6.07, 6.45) is 2.17. The molecule has 0 bridgehead atoms. The molecular weight excluding hydrogens is 330 g/mol. The molecule has 0 N–H and O–H groups in total. The highest BCUT2D eigenvalue weighted by atomic mass is 16.7. The first kappa shape index (κ1) is 17.6. The number of likely N-dealkylation sites (tertiary alicyclic amines) is 1. The fraction of sp³-hybridized carbons (Fsp3) is 0.600. The van der Waals surface area contributed by atoms with Crippen LogP contribution in [0.2, 0.25) is 0 Å². The number of hydrogen-bond acceptors (Lipinski definition) is 6. The lowest BCUT2D eigenvalue weighted by molar-refractivity contribution is -0.0981. The SMILES string of the molecule is CC(C)c1ccc(-c2noc(CN3CCC(C4OCCO4)CC3)n2)cc1. The Morgan fingerprint density at radius 1 is 1.08 bits per heavy atom. The first-order valence-corrected chi connectivity index (χ1v) is 9.57. The summed E-state index contributed by atoms with van der Waals surface area (Å²) in [5.74, 6) is 2.37. The Morgan fingerprint density at radius 2 is 1.77 bits per heavy atom. The van der Waals surface area contributed by atoms with E-state index in [0.29, 0.717) is 30.1 Å². The van der Waals surface area contributed by atoms with E-state index in [1.54, 1.807) is 0 Å². The maximum absolute atomic E-state index is 5.64. The lowest BCUT2D eigenvalue weighted by Crippen LogP contribution is -2.37. The van der Waals surface area contributed by atoms with Crippen molar-refractivity contribution in [2.75, 3.05) is 26.3 Å². The van der Waals surface area contributed by atoms with Gasteiger partial charge in [0.15, 0.2) is 6.29 Å². The summed E-state index contributed by atoms with van der Waals surface area (Å²) in [5.41, 5.74) is 2.31. The zero-order valence-corrected chi connectivity index (χ0v) is 15.6. The van der Waals surface area contributed by atoms with Crippen molar-refractivity contribution < 1.29 is 14.0 Å². The van der Waals surface area contributed by atoms with Gasteiger partial charge in [-0.3, -0.25) is 4.90 Å². The molecule has 0 amide bonds. The molecule has 0 unspecified atom stereocenters. The zero-order valence-electron chi connectivity index (χ0n) is 15.6. The quantitative estimate of drug-likeness (QED) is 0.817. The van der Waals surface area contributed by atoms with Crippen LogP contribution in [0.1, 0.15) is 44.1 Å². The van der Waals surface area contributed by atoms with Crippen molar-refractivity contribution in [3.63, 3.8) is 0 Å². The van der Waals surface area contributed by atoms with Crippen molar-refractivity contribution in [1.82, 2.24) is 15.0 Å². The minimum Gasteiger partial charge on any atom is -0.350 e. The van der Waals surface area contributed by atoms with Crippen LogP contribution in [-0.2, 0) is 16.0 Å². The molecule has 4 rings (SSSR count). The fourth-order valence-electron chi connectivity index (χ4n) is 3.68. The highest BCUT2D eigenvalue weighted by Crippen LogP contribution is 2.27. The Kier molecular flexibility index (Phi) is 5.33. The average Bonchev–Trinajstić information content (AvgIpc) is 3.35. The molecule has 0 aliphatic carbocycles. The zero-order chi connectivity index (χ0) is 17.9. The molecule has 0 spiro atoms. The largest absolute Gasteiger partial charge is 0.350 e. The molecule has 0 radical (unpaired) electrons. The van der Waals surface area contributed by atoms with Crippen LogP contribution in [0.5, 0.6) is 0 Å². The normalized spacial score (nSPS) is 20.3. The van der Waals surface area contributed by atoms with Gasteiger partial charge < -0.3 is 14.0 Å². The summed E-state index contributed by atoms with van der Waals surface area (Å²) in [6.45, 7) is 8.56. The van der Waals surface area contributed by atoms with E-state index in [0.717, 1.165) is 44.7 Å². The topological polar surface area (TPSA) is 60.6 Å². The summed E-state index contributed by atoms with van der Waals surface area (Å²) in [6, 6.07) is 8.40. The molecular formula is C20H27N3O3. The van der Waals surface area contributed by atoms with Gasteiger partial charge in [-0.2, -0.15) is 4.98 Å². The van der Waals surface area contributed by atoms with E-state index in [-0.39, 0.29) is 6.29 Å². The average molecular weight is 357 g/mol. The second-order valence-electron chi connectivity index (χ2n) is 7.51. The monoisotopic (exact) mass is 357 g/mol. The molecule has 3 heterocycles. The van der Waals surface area contributed by atoms with Crippen molar-refractivity contribution in [3.8, 4) is 11.4 Å². The molecule has 140 valence electrons. The van der Waals surface area contributed by atoms with Crippen molar-refractivity contribution >= 4 is 0 Å². The van der Waals surface area contributed by atoms with E-state index < -0.39 is 0 Å². The van der Waals surface area contributed by atoms with E-state index >= 15 is 0 Å². The molecule has 0 atom stereocenters. The Morgan fingerprint density at radius 3 is 2.42 bits per heavy atom. The highest BCUT2D eigenvalue weighted by Gasteiger charge is 2.30. The van der Waals surface area contributed by atoms with Gasteiger partial charge in [-0.15, -0.1) is 0 Å². The first-order valence-electron chi connectivity index (χ1n) is 9.57. The Hall–Kier alpha value is -1.76. The van der Waals surface area contributed by atoms with Gasteiger partial charge in [0.25, 0.3) is 0 Å². The predicted molar refractivity (Wildman–Crippen MR) is 97.5 cm³/mol. The molecule has 1 aromatic carbocycles. The van der Waals surface area contributed by atoms with Crippen molar-refractivity contribution in [2.24, 2.45) is 5.92 Å². The summed E-state index contributed by atoms with van der Waals surface area (Å²) < 4.78 is 16.8. The Labute approximate surface area is 154 Å². The Balaban J connectivity index is 1.32. The number of rotatable bonds is 5. The summed E-state index contributed by atoms with van der Waals surface area (Å²) in [5, 5.41) is 4.15. The Bertz CT molecular complexity index is 699. The first-order chi connectivity index (χ1) is 12.7. The predicted octanol–water partition coefficient (Wildman–Crippen LogP) is 3.44. The molecule has 1 aromatic heterocycles. The van der Waals surface area contributed by atoms with E-state index in [9.17, 15) is 0 Å². The van der Waals surface area contributed by atoms with Crippen LogP contribution in [0.3, 0.4) is 0 Å². The minimum atomic E-state index is 0.000896. The van der Waals surface area contributed by atoms with Crippen LogP contribution in [0.25, 0.3) is 11.4 Å². The minimum absolute atomic E-state index is 0.000896. The van der Waals surface area contributed by atoms with Gasteiger partial charge in [0.2, 0.25) is 11.7 Å². The van der Waals surface area contributed by atoms with E-state index in [4.69, 9.17) is 14.0 Å². The van der Waals surface area contributed by atoms with Crippen LogP contribution >= 0.6 is 0 Å². The fourth-order valence-corrected chi connectivity index (χ4v) is 3.68. The number of piperidine rings is 1. The van der Waals surface area contributed by atoms with Crippen LogP contribution in [0.4, 0.5) is 0 Å². The number of aromatic nitrogens is 2. The van der Waals surface area contributed by atoms with E-state index in [1.807, 2.05) is 0 Å². The third kappa shape index (κ3) is 3.98. The molecule has 2 fully saturated rings. The smallest absolute Gasteiger partial charge is 0.241 e. The van der Waals surface area contributed by atoms with Gasteiger partial charge in [-0.25, -0.2) is 0 Å². The maximum Gasteiger partial charge on any atom is 0.241 e. The van der Waals surface area contributed by atoms with Gasteiger partial charge in [0.1, 0.15) is 0 Å². The number of hydrogen-bond donors (Lipinski definition) is 0. The van der Waals surface area contributed by atoms with Gasteiger partial charge in [0.05, 0.1) is 19.8 Å². The van der Waals surface area contributed by atoms with Crippen LogP contribution in [-0.4, -0.2) is 47.6 Å². The number of benzene rings is 1. The highest BCUT2D eigenvalue weighted by molar-refractivity contribution is 5.54. The van der Waals surface area contributed by atoms with Gasteiger partial charge in [-0.1, -0.05) is 43.3 Å². The summed E-state index contributed by atoms with van der Waals surface area (Å²) in [7, 11) is 0. The molecule has 2 aliphatic heterocycles. The number of ether oxygens (including phenoxy) is 2. The summed E-state index contributed by atoms with van der Waals surface area (Å²) in [4.78, 5) is 6.94. The summed E-state index contributed by atoms with van der Waals surface area (Å²) >= 11 is 0. The van der Waals surface area contributed by atoms with E-state index in [2.05, 4.69) is 53.2 Å². The van der Waals surface area contributed by atoms with Crippen LogP contribution in [0, 0.1) is 5.92 Å². The van der Waals surface area contributed by atoms with E-state index in [1.165, 1.54) is 5.56 Å². The molecule has 2 aromatic rings. The number of nitrogens with zero attached hydrogens (tertiary/aromatic N) is 3. The molecule has 2 aliphatic rings. The molecule has 6 heteroatoms.